The highest BCUT2D eigenvalue weighted by molar-refractivity contribution is 7.09. The highest BCUT2D eigenvalue weighted by Crippen LogP contribution is 2.32. The van der Waals surface area contributed by atoms with Gasteiger partial charge in [-0.2, -0.15) is 4.37 Å². The minimum Gasteiger partial charge on any atom is -0.497 e. The van der Waals surface area contributed by atoms with Crippen molar-refractivity contribution in [1.82, 2.24) is 14.7 Å². The number of nitrogens with one attached hydrogen (secondary N) is 2. The van der Waals surface area contributed by atoms with E-state index < -0.39 is 0 Å². The molecule has 0 atom stereocenters. The minimum atomic E-state index is -0.311. The van der Waals surface area contributed by atoms with Gasteiger partial charge in [-0.1, -0.05) is 18.2 Å². The Hall–Kier alpha value is -3.26. The van der Waals surface area contributed by atoms with Crippen LogP contribution < -0.4 is 15.4 Å². The second kappa shape index (κ2) is 8.41. The lowest BCUT2D eigenvalue weighted by Gasteiger charge is -2.08. The molecule has 0 aliphatic heterocycles. The second-order valence-electron chi connectivity index (χ2n) is 5.66. The summed E-state index contributed by atoms with van der Waals surface area (Å²) < 4.78 is 9.45. The Morgan fingerprint density at radius 2 is 1.93 bits per heavy atom. The lowest BCUT2D eigenvalue weighted by molar-refractivity contribution is -0.114. The molecule has 0 radical (unpaired) electrons. The van der Waals surface area contributed by atoms with Crippen molar-refractivity contribution in [3.8, 4) is 17.1 Å². The lowest BCUT2D eigenvalue weighted by Crippen LogP contribution is -2.23. The largest absolute Gasteiger partial charge is 0.497 e. The number of anilines is 1. The summed E-state index contributed by atoms with van der Waals surface area (Å²) in [6.45, 7) is 1.73. The summed E-state index contributed by atoms with van der Waals surface area (Å²) in [5, 5.41) is 5.56. The molecule has 27 heavy (non-hydrogen) atoms. The average molecular weight is 382 g/mol. The van der Waals surface area contributed by atoms with Gasteiger partial charge in [0.2, 0.25) is 5.91 Å². The average Bonchev–Trinajstić information content (AvgIpc) is 3.10. The topological polar surface area (TPSA) is 93.2 Å². The molecule has 2 N–H and O–H groups in total. The molecule has 0 fully saturated rings. The zero-order valence-electron chi connectivity index (χ0n) is 14.9. The predicted molar refractivity (Wildman–Crippen MR) is 104 cm³/mol. The van der Waals surface area contributed by atoms with Crippen LogP contribution in [0.15, 0.2) is 48.7 Å². The number of carbonyl (C=O) groups excluding carboxylic acids is 2. The number of benzene rings is 1. The maximum absolute atomic E-state index is 12.7. The second-order valence-corrected chi connectivity index (χ2v) is 6.44. The van der Waals surface area contributed by atoms with E-state index in [0.717, 1.165) is 22.8 Å². The summed E-state index contributed by atoms with van der Waals surface area (Å²) in [5.74, 6) is 0.159. The van der Waals surface area contributed by atoms with E-state index in [-0.39, 0.29) is 11.8 Å². The molecular formula is C19H18N4O3S. The van der Waals surface area contributed by atoms with Crippen molar-refractivity contribution in [2.75, 3.05) is 12.4 Å². The van der Waals surface area contributed by atoms with Gasteiger partial charge in [0.05, 0.1) is 18.5 Å². The van der Waals surface area contributed by atoms with Crippen LogP contribution in [0.3, 0.4) is 0 Å². The van der Waals surface area contributed by atoms with Crippen LogP contribution in [-0.2, 0) is 11.3 Å². The lowest BCUT2D eigenvalue weighted by atomic mass is 10.2. The Balaban J connectivity index is 1.81. The minimum absolute atomic E-state index is 0.281. The number of carbonyl (C=O) groups is 2. The van der Waals surface area contributed by atoms with E-state index in [2.05, 4.69) is 20.0 Å². The summed E-state index contributed by atoms with van der Waals surface area (Å²) in [6.07, 6.45) is 1.63. The van der Waals surface area contributed by atoms with E-state index in [1.54, 1.807) is 25.4 Å². The molecule has 0 saturated heterocycles. The molecule has 8 heteroatoms. The van der Waals surface area contributed by atoms with Crippen LogP contribution in [0.2, 0.25) is 0 Å². The van der Waals surface area contributed by atoms with E-state index in [9.17, 15) is 9.59 Å². The molecule has 1 aromatic carbocycles. The molecule has 138 valence electrons. The van der Waals surface area contributed by atoms with Gasteiger partial charge in [-0.25, -0.2) is 0 Å². The highest BCUT2D eigenvalue weighted by atomic mass is 32.1. The third-order valence-corrected chi connectivity index (χ3v) is 4.56. The first-order chi connectivity index (χ1) is 13.1. The highest BCUT2D eigenvalue weighted by Gasteiger charge is 2.22. The fraction of sp³-hybridized carbons (Fsp3) is 0.158. The standard InChI is InChI=1S/C19H18N4O3S/c1-12(24)22-17-16(15-5-3-4-10-20-15)23-27-18(17)19(25)21-11-13-6-8-14(26-2)9-7-13/h3-10H,11H2,1-2H3,(H,21,25)(H,22,24). The molecule has 7 nitrogen and oxygen atoms in total. The number of rotatable bonds is 6. The van der Waals surface area contributed by atoms with Gasteiger partial charge in [0, 0.05) is 19.7 Å². The van der Waals surface area contributed by atoms with Gasteiger partial charge >= 0.3 is 0 Å². The van der Waals surface area contributed by atoms with Crippen molar-refractivity contribution in [3.05, 3.63) is 59.1 Å². The number of ether oxygens (including phenoxy) is 1. The number of pyridine rings is 1. The Kier molecular flexibility index (Phi) is 5.77. The first-order valence-corrected chi connectivity index (χ1v) is 8.95. The quantitative estimate of drug-likeness (QED) is 0.683. The van der Waals surface area contributed by atoms with Gasteiger partial charge in [-0.15, -0.1) is 0 Å². The fourth-order valence-corrected chi connectivity index (χ4v) is 3.18. The van der Waals surface area contributed by atoms with E-state index in [1.807, 2.05) is 30.3 Å². The summed E-state index contributed by atoms with van der Waals surface area (Å²) >= 11 is 1.03. The zero-order chi connectivity index (χ0) is 19.2. The van der Waals surface area contributed by atoms with E-state index in [1.165, 1.54) is 6.92 Å². The molecule has 0 bridgehead atoms. The van der Waals surface area contributed by atoms with Crippen LogP contribution in [0.25, 0.3) is 11.4 Å². The maximum atomic E-state index is 12.7. The SMILES string of the molecule is COc1ccc(CNC(=O)c2snc(-c3ccccn3)c2NC(C)=O)cc1. The van der Waals surface area contributed by atoms with Crippen LogP contribution in [-0.4, -0.2) is 28.3 Å². The van der Waals surface area contributed by atoms with Crippen LogP contribution >= 0.6 is 11.5 Å². The number of hydrogen-bond donors (Lipinski definition) is 2. The summed E-state index contributed by atoms with van der Waals surface area (Å²) in [5.41, 5.74) is 2.37. The van der Waals surface area contributed by atoms with E-state index in [0.29, 0.717) is 28.5 Å². The Bertz CT molecular complexity index is 939. The number of amides is 2. The number of hydrogen-bond acceptors (Lipinski definition) is 6. The zero-order valence-corrected chi connectivity index (χ0v) is 15.7. The monoisotopic (exact) mass is 382 g/mol. The van der Waals surface area contributed by atoms with Crippen molar-refractivity contribution in [2.24, 2.45) is 0 Å². The van der Waals surface area contributed by atoms with Crippen LogP contribution in [0.5, 0.6) is 5.75 Å². The molecule has 2 amide bonds. The molecule has 0 aliphatic rings. The molecule has 3 rings (SSSR count). The first-order valence-electron chi connectivity index (χ1n) is 8.18. The molecule has 0 unspecified atom stereocenters. The van der Waals surface area contributed by atoms with Crippen LogP contribution in [0.4, 0.5) is 5.69 Å². The first kappa shape index (κ1) is 18.5. The van der Waals surface area contributed by atoms with Crippen molar-refractivity contribution in [2.45, 2.75) is 13.5 Å². The van der Waals surface area contributed by atoms with Crippen molar-refractivity contribution in [1.29, 1.82) is 0 Å². The summed E-state index contributed by atoms with van der Waals surface area (Å²) in [6, 6.07) is 12.8. The van der Waals surface area contributed by atoms with Crippen molar-refractivity contribution >= 4 is 29.0 Å². The Morgan fingerprint density at radius 3 is 2.56 bits per heavy atom. The van der Waals surface area contributed by atoms with Gasteiger partial charge in [-0.05, 0) is 41.4 Å². The van der Waals surface area contributed by atoms with Crippen LogP contribution in [0.1, 0.15) is 22.2 Å². The third kappa shape index (κ3) is 4.48. The normalized spacial score (nSPS) is 10.3. The molecule has 3 aromatic rings. The van der Waals surface area contributed by atoms with Crippen molar-refractivity contribution < 1.29 is 14.3 Å². The molecule has 0 saturated carbocycles. The number of aromatic nitrogens is 2. The van der Waals surface area contributed by atoms with E-state index >= 15 is 0 Å². The van der Waals surface area contributed by atoms with E-state index in [4.69, 9.17) is 4.74 Å². The summed E-state index contributed by atoms with van der Waals surface area (Å²) in [4.78, 5) is 28.8. The van der Waals surface area contributed by atoms with Gasteiger partial charge in [-0.3, -0.25) is 14.6 Å². The predicted octanol–water partition coefficient (Wildman–Crippen LogP) is 3.10. The fourth-order valence-electron chi connectivity index (χ4n) is 2.42. The van der Waals surface area contributed by atoms with Crippen molar-refractivity contribution in [3.63, 3.8) is 0 Å². The Morgan fingerprint density at radius 1 is 1.15 bits per heavy atom. The van der Waals surface area contributed by atoms with Gasteiger partial charge in [0.1, 0.15) is 16.3 Å². The maximum Gasteiger partial charge on any atom is 0.265 e. The van der Waals surface area contributed by atoms with Gasteiger partial charge in [0.25, 0.3) is 5.91 Å². The van der Waals surface area contributed by atoms with Gasteiger partial charge < -0.3 is 15.4 Å². The number of nitrogens with zero attached hydrogens (tertiary/aromatic N) is 2. The number of methoxy groups -OCH3 is 1. The van der Waals surface area contributed by atoms with Gasteiger partial charge in [0.15, 0.2) is 0 Å². The summed E-state index contributed by atoms with van der Waals surface area (Å²) in [7, 11) is 1.60. The smallest absolute Gasteiger partial charge is 0.265 e. The molecule has 0 spiro atoms. The molecular weight excluding hydrogens is 364 g/mol. The molecule has 2 aromatic heterocycles. The third-order valence-electron chi connectivity index (χ3n) is 3.72. The van der Waals surface area contributed by atoms with Crippen LogP contribution in [0, 0.1) is 0 Å². The molecule has 2 heterocycles. The molecule has 0 aliphatic carbocycles. The Labute approximate surface area is 160 Å².